The van der Waals surface area contributed by atoms with Gasteiger partial charge in [0.15, 0.2) is 0 Å². The molecule has 1 aromatic rings. The first kappa shape index (κ1) is 24.2. The molecule has 166 valence electrons. The van der Waals surface area contributed by atoms with Crippen LogP contribution in [-0.4, -0.2) is 17.0 Å². The second kappa shape index (κ2) is 11.9. The molecule has 4 heteroatoms. The van der Waals surface area contributed by atoms with Crippen LogP contribution in [0.2, 0.25) is 0 Å². The van der Waals surface area contributed by atoms with Crippen molar-refractivity contribution in [2.45, 2.75) is 85.2 Å². The molecule has 0 spiro atoms. The van der Waals surface area contributed by atoms with Crippen LogP contribution < -0.4 is 0 Å². The van der Waals surface area contributed by atoms with E-state index in [9.17, 15) is 14.7 Å². The molecule has 0 aromatic heterocycles. The van der Waals surface area contributed by atoms with E-state index in [0.29, 0.717) is 25.2 Å². The van der Waals surface area contributed by atoms with Crippen LogP contribution in [0.5, 0.6) is 0 Å². The van der Waals surface area contributed by atoms with Crippen molar-refractivity contribution in [1.29, 1.82) is 0 Å². The molecule has 0 radical (unpaired) electrons. The molecule has 0 bridgehead atoms. The number of unbranched alkanes of at least 4 members (excludes halogenated alkanes) is 2. The lowest BCUT2D eigenvalue weighted by molar-refractivity contribution is -0.171. The summed E-state index contributed by atoms with van der Waals surface area (Å²) in [4.78, 5) is 25.7. The van der Waals surface area contributed by atoms with Crippen molar-refractivity contribution >= 4 is 11.9 Å². The van der Waals surface area contributed by atoms with Gasteiger partial charge in [-0.2, -0.15) is 0 Å². The monoisotopic (exact) mass is 414 g/mol. The van der Waals surface area contributed by atoms with Crippen molar-refractivity contribution in [2.24, 2.45) is 17.3 Å². The van der Waals surface area contributed by atoms with Gasteiger partial charge in [-0.3, -0.25) is 9.59 Å². The lowest BCUT2D eigenvalue weighted by atomic mass is 9.62. The van der Waals surface area contributed by atoms with Gasteiger partial charge in [0.2, 0.25) is 0 Å². The smallest absolute Gasteiger partial charge is 0.313 e. The zero-order valence-electron chi connectivity index (χ0n) is 18.9. The average molecular weight is 415 g/mol. The zero-order valence-corrected chi connectivity index (χ0v) is 18.9. The average Bonchev–Trinajstić information content (AvgIpc) is 2.74. The van der Waals surface area contributed by atoms with Crippen molar-refractivity contribution in [2.75, 3.05) is 0 Å². The fourth-order valence-electron chi connectivity index (χ4n) is 4.78. The van der Waals surface area contributed by atoms with E-state index in [1.807, 2.05) is 37.3 Å². The van der Waals surface area contributed by atoms with Crippen LogP contribution in [0, 0.1) is 17.3 Å². The maximum absolute atomic E-state index is 13.5. The van der Waals surface area contributed by atoms with Crippen LogP contribution in [0.4, 0.5) is 0 Å². The molecule has 3 unspecified atom stereocenters. The van der Waals surface area contributed by atoms with E-state index in [1.165, 1.54) is 6.42 Å². The van der Waals surface area contributed by atoms with Gasteiger partial charge in [-0.1, -0.05) is 94.4 Å². The minimum atomic E-state index is -0.980. The number of hydrogen-bond acceptors (Lipinski definition) is 3. The van der Waals surface area contributed by atoms with Gasteiger partial charge in [0.25, 0.3) is 0 Å². The minimum Gasteiger partial charge on any atom is -0.481 e. The number of carbonyl (C=O) groups is 2. The summed E-state index contributed by atoms with van der Waals surface area (Å²) < 4.78 is 5.76. The quantitative estimate of drug-likeness (QED) is 0.239. The van der Waals surface area contributed by atoms with Crippen LogP contribution in [0.3, 0.4) is 0 Å². The predicted octanol–water partition coefficient (Wildman–Crippen LogP) is 6.54. The molecule has 0 fully saturated rings. The highest BCUT2D eigenvalue weighted by atomic mass is 16.5. The van der Waals surface area contributed by atoms with Gasteiger partial charge in [0.1, 0.15) is 6.61 Å². The molecule has 30 heavy (non-hydrogen) atoms. The van der Waals surface area contributed by atoms with Gasteiger partial charge in [-0.25, -0.2) is 0 Å². The molecule has 0 amide bonds. The third kappa shape index (κ3) is 6.45. The molecule has 0 aliphatic heterocycles. The van der Waals surface area contributed by atoms with Crippen LogP contribution in [0.25, 0.3) is 0 Å². The number of carboxylic acids is 1. The highest BCUT2D eigenvalue weighted by Gasteiger charge is 2.52. The van der Waals surface area contributed by atoms with Gasteiger partial charge < -0.3 is 9.84 Å². The van der Waals surface area contributed by atoms with Crippen LogP contribution >= 0.6 is 0 Å². The number of esters is 1. The Balaban J connectivity index is 2.28. The van der Waals surface area contributed by atoms with Gasteiger partial charge in [-0.15, -0.1) is 0 Å². The van der Waals surface area contributed by atoms with E-state index >= 15 is 0 Å². The summed E-state index contributed by atoms with van der Waals surface area (Å²) in [6.45, 7) is 6.49. The van der Waals surface area contributed by atoms with Crippen molar-refractivity contribution < 1.29 is 19.4 Å². The summed E-state index contributed by atoms with van der Waals surface area (Å²) in [7, 11) is 0. The molecule has 3 atom stereocenters. The Hall–Kier alpha value is -2.10. The first-order chi connectivity index (χ1) is 14.4. The van der Waals surface area contributed by atoms with E-state index in [2.05, 4.69) is 19.9 Å². The lowest BCUT2D eigenvalue weighted by Gasteiger charge is -2.41. The molecule has 2 rings (SSSR count). The summed E-state index contributed by atoms with van der Waals surface area (Å²) >= 11 is 0. The van der Waals surface area contributed by atoms with Gasteiger partial charge in [-0.05, 0) is 37.7 Å². The summed E-state index contributed by atoms with van der Waals surface area (Å²) in [6, 6.07) is 9.59. The van der Waals surface area contributed by atoms with Gasteiger partial charge >= 0.3 is 11.9 Å². The van der Waals surface area contributed by atoms with Gasteiger partial charge in [0, 0.05) is 0 Å². The van der Waals surface area contributed by atoms with Crippen molar-refractivity contribution in [1.82, 2.24) is 0 Å². The largest absolute Gasteiger partial charge is 0.481 e. The standard InChI is InChI=1S/C26H38O4/c1-4-6-8-12-21(11-5-2)18-26(16-15-20(3)17-23(26)24(27)28)25(29)30-19-22-13-9-7-10-14-22/h7,9-10,13-15,21,23H,4-6,8,11-12,16-19H2,1-3H3,(H,27,28). The first-order valence-electron chi connectivity index (χ1n) is 11.5. The fraction of sp³-hybridized carbons (Fsp3) is 0.615. The topological polar surface area (TPSA) is 63.6 Å². The highest BCUT2D eigenvalue weighted by molar-refractivity contribution is 5.85. The third-order valence-corrected chi connectivity index (χ3v) is 6.49. The summed E-state index contributed by atoms with van der Waals surface area (Å²) in [5.74, 6) is -1.61. The van der Waals surface area contributed by atoms with Crippen LogP contribution in [0.1, 0.15) is 84.1 Å². The maximum atomic E-state index is 13.5. The van der Waals surface area contributed by atoms with Crippen LogP contribution in [0.15, 0.2) is 42.0 Å². The Kier molecular flexibility index (Phi) is 9.61. The number of benzene rings is 1. The Labute approximate surface area is 181 Å². The molecule has 0 saturated heterocycles. The fourth-order valence-corrected chi connectivity index (χ4v) is 4.78. The lowest BCUT2D eigenvalue weighted by Crippen LogP contribution is -2.46. The van der Waals surface area contributed by atoms with E-state index in [1.54, 1.807) is 0 Å². The van der Waals surface area contributed by atoms with Gasteiger partial charge in [0.05, 0.1) is 11.3 Å². The van der Waals surface area contributed by atoms with Crippen LogP contribution in [-0.2, 0) is 20.9 Å². The molecular weight excluding hydrogens is 376 g/mol. The van der Waals surface area contributed by atoms with Crippen molar-refractivity contribution in [3.63, 3.8) is 0 Å². The Bertz CT molecular complexity index is 709. The Morgan fingerprint density at radius 3 is 2.50 bits per heavy atom. The number of ether oxygens (including phenoxy) is 1. The number of aliphatic carboxylic acids is 1. The predicted molar refractivity (Wildman–Crippen MR) is 120 cm³/mol. The number of carbonyl (C=O) groups excluding carboxylic acids is 1. The van der Waals surface area contributed by atoms with Crippen molar-refractivity contribution in [3.05, 3.63) is 47.5 Å². The Morgan fingerprint density at radius 1 is 1.13 bits per heavy atom. The molecule has 0 heterocycles. The normalized spacial score (nSPS) is 22.2. The summed E-state index contributed by atoms with van der Waals surface area (Å²) in [6.07, 6.45) is 10.1. The number of rotatable bonds is 12. The summed E-state index contributed by atoms with van der Waals surface area (Å²) in [5.41, 5.74) is 0.988. The SMILES string of the molecule is CCCCCC(CCC)CC1(C(=O)OCc2ccccc2)CC=C(C)CC1C(=O)O. The third-order valence-electron chi connectivity index (χ3n) is 6.49. The molecule has 1 N–H and O–H groups in total. The second-order valence-electron chi connectivity index (χ2n) is 8.92. The zero-order chi connectivity index (χ0) is 22.0. The molecule has 4 nitrogen and oxygen atoms in total. The minimum absolute atomic E-state index is 0.185. The van der Waals surface area contributed by atoms with E-state index < -0.39 is 17.3 Å². The first-order valence-corrected chi connectivity index (χ1v) is 11.5. The van der Waals surface area contributed by atoms with E-state index in [4.69, 9.17) is 4.74 Å². The number of carboxylic acid groups (broad SMARTS) is 1. The molecule has 1 aliphatic rings. The summed E-state index contributed by atoms with van der Waals surface area (Å²) in [5, 5.41) is 10.0. The molecular formula is C26H38O4. The molecule has 1 aromatic carbocycles. The molecule has 0 saturated carbocycles. The van der Waals surface area contributed by atoms with E-state index in [-0.39, 0.29) is 12.6 Å². The highest BCUT2D eigenvalue weighted by Crippen LogP contribution is 2.48. The van der Waals surface area contributed by atoms with E-state index in [0.717, 1.165) is 43.2 Å². The second-order valence-corrected chi connectivity index (χ2v) is 8.92. The maximum Gasteiger partial charge on any atom is 0.313 e. The number of hydrogen-bond donors (Lipinski definition) is 1. The Morgan fingerprint density at radius 2 is 1.87 bits per heavy atom. The number of allylic oxidation sites excluding steroid dienone is 2. The molecule has 1 aliphatic carbocycles. The van der Waals surface area contributed by atoms with Crippen molar-refractivity contribution in [3.8, 4) is 0 Å².